The lowest BCUT2D eigenvalue weighted by Gasteiger charge is -2.34. The van der Waals surface area contributed by atoms with Gasteiger partial charge in [0.25, 0.3) is 0 Å². The minimum absolute atomic E-state index is 0.0154. The molecular formula is C23H30N4O2. The minimum atomic E-state index is -0.216. The molecule has 2 aromatic carbocycles. The highest BCUT2D eigenvalue weighted by Crippen LogP contribution is 2.21. The summed E-state index contributed by atoms with van der Waals surface area (Å²) in [6.07, 6.45) is 0. The molecule has 0 aliphatic carbocycles. The fourth-order valence-corrected chi connectivity index (χ4v) is 3.66. The van der Waals surface area contributed by atoms with Crippen molar-refractivity contribution < 1.29 is 9.59 Å². The maximum Gasteiger partial charge on any atom is 0.244 e. The summed E-state index contributed by atoms with van der Waals surface area (Å²) in [5.41, 5.74) is 4.77. The average Bonchev–Trinajstić information content (AvgIpc) is 2.66. The number of hydrogen-bond acceptors (Lipinski definition) is 4. The molecular weight excluding hydrogens is 364 g/mol. The van der Waals surface area contributed by atoms with Crippen LogP contribution in [0.1, 0.15) is 18.1 Å². The van der Waals surface area contributed by atoms with E-state index in [1.54, 1.807) is 0 Å². The summed E-state index contributed by atoms with van der Waals surface area (Å²) in [6, 6.07) is 13.8. The van der Waals surface area contributed by atoms with Gasteiger partial charge in [0.1, 0.15) is 6.54 Å². The smallest absolute Gasteiger partial charge is 0.244 e. The second-order valence-electron chi connectivity index (χ2n) is 7.84. The molecule has 1 saturated heterocycles. The number of piperazine rings is 1. The van der Waals surface area contributed by atoms with Gasteiger partial charge < -0.3 is 20.0 Å². The van der Waals surface area contributed by atoms with Crippen molar-refractivity contribution in [3.05, 3.63) is 53.6 Å². The van der Waals surface area contributed by atoms with Gasteiger partial charge >= 0.3 is 0 Å². The quantitative estimate of drug-likeness (QED) is 0.847. The number of carbonyl (C=O) groups is 2. The monoisotopic (exact) mass is 394 g/mol. The van der Waals surface area contributed by atoms with E-state index in [-0.39, 0.29) is 18.4 Å². The summed E-state index contributed by atoms with van der Waals surface area (Å²) in [5, 5.41) is 2.90. The largest absolute Gasteiger partial charge is 0.369 e. The molecule has 0 bridgehead atoms. The Morgan fingerprint density at radius 3 is 2.10 bits per heavy atom. The van der Waals surface area contributed by atoms with Gasteiger partial charge in [-0.3, -0.25) is 9.59 Å². The second-order valence-corrected chi connectivity index (χ2v) is 7.84. The molecule has 1 N–H and O–H groups in total. The SMILES string of the molecule is CC(=O)N(CC(=O)Nc1ccc(N2CCN(C)CC2)cc1)c1cc(C)cc(C)c1. The molecule has 0 spiro atoms. The summed E-state index contributed by atoms with van der Waals surface area (Å²) in [5.74, 6) is -0.373. The Balaban J connectivity index is 1.63. The van der Waals surface area contributed by atoms with E-state index in [0.29, 0.717) is 0 Å². The Morgan fingerprint density at radius 1 is 0.966 bits per heavy atom. The molecule has 0 atom stereocenters. The fraction of sp³-hybridized carbons (Fsp3) is 0.391. The number of hydrogen-bond donors (Lipinski definition) is 1. The third-order valence-corrected chi connectivity index (χ3v) is 5.22. The van der Waals surface area contributed by atoms with Crippen LogP contribution in [-0.2, 0) is 9.59 Å². The molecule has 6 heteroatoms. The standard InChI is InChI=1S/C23H30N4O2/c1-17-13-18(2)15-22(14-17)27(19(3)28)16-23(29)24-20-5-7-21(8-6-20)26-11-9-25(4)10-12-26/h5-8,13-15H,9-12,16H2,1-4H3,(H,24,29). The van der Waals surface area contributed by atoms with E-state index >= 15 is 0 Å². The number of nitrogens with one attached hydrogen (secondary N) is 1. The molecule has 1 fully saturated rings. The van der Waals surface area contributed by atoms with Crippen LogP contribution in [0.25, 0.3) is 0 Å². The lowest BCUT2D eigenvalue weighted by atomic mass is 10.1. The van der Waals surface area contributed by atoms with Crippen molar-refractivity contribution in [2.75, 3.05) is 54.9 Å². The maximum atomic E-state index is 12.6. The van der Waals surface area contributed by atoms with Crippen LogP contribution < -0.4 is 15.1 Å². The molecule has 1 aliphatic heterocycles. The van der Waals surface area contributed by atoms with Crippen molar-refractivity contribution in [3.63, 3.8) is 0 Å². The third-order valence-electron chi connectivity index (χ3n) is 5.22. The third kappa shape index (κ3) is 5.57. The van der Waals surface area contributed by atoms with E-state index in [0.717, 1.165) is 54.4 Å². The Kier molecular flexibility index (Phi) is 6.54. The molecule has 2 aromatic rings. The fourth-order valence-electron chi connectivity index (χ4n) is 3.66. The zero-order chi connectivity index (χ0) is 21.0. The molecule has 29 heavy (non-hydrogen) atoms. The molecule has 6 nitrogen and oxygen atoms in total. The highest BCUT2D eigenvalue weighted by molar-refractivity contribution is 6.01. The van der Waals surface area contributed by atoms with Crippen LogP contribution in [0.15, 0.2) is 42.5 Å². The second kappa shape index (κ2) is 9.09. The average molecular weight is 395 g/mol. The first-order valence-corrected chi connectivity index (χ1v) is 10.0. The van der Waals surface area contributed by atoms with Gasteiger partial charge in [-0.15, -0.1) is 0 Å². The van der Waals surface area contributed by atoms with Crippen molar-refractivity contribution in [2.45, 2.75) is 20.8 Å². The van der Waals surface area contributed by atoms with Gasteiger partial charge in [-0.05, 0) is 68.4 Å². The maximum absolute atomic E-state index is 12.6. The number of amides is 2. The lowest BCUT2D eigenvalue weighted by Crippen LogP contribution is -2.44. The number of aryl methyl sites for hydroxylation is 2. The summed E-state index contributed by atoms with van der Waals surface area (Å²) in [6.45, 7) is 9.55. The Bertz CT molecular complexity index is 851. The van der Waals surface area contributed by atoms with Crippen LogP contribution in [0.4, 0.5) is 17.1 Å². The van der Waals surface area contributed by atoms with E-state index in [9.17, 15) is 9.59 Å². The van der Waals surface area contributed by atoms with Crippen LogP contribution in [0.2, 0.25) is 0 Å². The molecule has 2 amide bonds. The highest BCUT2D eigenvalue weighted by atomic mass is 16.2. The zero-order valence-electron chi connectivity index (χ0n) is 17.7. The van der Waals surface area contributed by atoms with Crippen molar-refractivity contribution in [1.29, 1.82) is 0 Å². The van der Waals surface area contributed by atoms with Crippen LogP contribution in [0.3, 0.4) is 0 Å². The van der Waals surface area contributed by atoms with Crippen molar-refractivity contribution in [2.24, 2.45) is 0 Å². The van der Waals surface area contributed by atoms with Crippen molar-refractivity contribution >= 4 is 28.9 Å². The van der Waals surface area contributed by atoms with Gasteiger partial charge in [0, 0.05) is 50.2 Å². The number of carbonyl (C=O) groups excluding carboxylic acids is 2. The molecule has 0 aromatic heterocycles. The molecule has 0 unspecified atom stereocenters. The Hall–Kier alpha value is -2.86. The minimum Gasteiger partial charge on any atom is -0.369 e. The first-order valence-electron chi connectivity index (χ1n) is 10.0. The van der Waals surface area contributed by atoms with Crippen LogP contribution in [-0.4, -0.2) is 56.5 Å². The Labute approximate surface area is 173 Å². The summed E-state index contributed by atoms with van der Waals surface area (Å²) < 4.78 is 0. The summed E-state index contributed by atoms with van der Waals surface area (Å²) in [7, 11) is 2.14. The van der Waals surface area contributed by atoms with Gasteiger partial charge in [-0.25, -0.2) is 0 Å². The predicted molar refractivity (Wildman–Crippen MR) is 119 cm³/mol. The first kappa shape index (κ1) is 20.9. The van der Waals surface area contributed by atoms with Gasteiger partial charge in [0.15, 0.2) is 0 Å². The molecule has 1 heterocycles. The van der Waals surface area contributed by atoms with Crippen LogP contribution >= 0.6 is 0 Å². The highest BCUT2D eigenvalue weighted by Gasteiger charge is 2.17. The van der Waals surface area contributed by atoms with E-state index in [4.69, 9.17) is 0 Å². The van der Waals surface area contributed by atoms with E-state index in [2.05, 4.69) is 22.2 Å². The van der Waals surface area contributed by atoms with E-state index in [1.165, 1.54) is 11.8 Å². The van der Waals surface area contributed by atoms with Crippen molar-refractivity contribution in [3.8, 4) is 0 Å². The molecule has 3 rings (SSSR count). The number of benzene rings is 2. The predicted octanol–water partition coefficient (Wildman–Crippen LogP) is 3.05. The summed E-state index contributed by atoms with van der Waals surface area (Å²) in [4.78, 5) is 30.9. The number of nitrogens with zero attached hydrogens (tertiary/aromatic N) is 3. The normalized spacial score (nSPS) is 14.6. The van der Waals surface area contributed by atoms with Gasteiger partial charge in [0.2, 0.25) is 11.8 Å². The Morgan fingerprint density at radius 2 is 1.55 bits per heavy atom. The molecule has 0 saturated carbocycles. The van der Waals surface area contributed by atoms with Crippen molar-refractivity contribution in [1.82, 2.24) is 4.90 Å². The van der Waals surface area contributed by atoms with E-state index in [1.807, 2.05) is 56.3 Å². The number of rotatable bonds is 5. The molecule has 1 aliphatic rings. The number of likely N-dealkylation sites (N-methyl/N-ethyl adjacent to an activating group) is 1. The van der Waals surface area contributed by atoms with Crippen LogP contribution in [0.5, 0.6) is 0 Å². The van der Waals surface area contributed by atoms with Gasteiger partial charge in [0.05, 0.1) is 0 Å². The van der Waals surface area contributed by atoms with Gasteiger partial charge in [-0.1, -0.05) is 6.07 Å². The summed E-state index contributed by atoms with van der Waals surface area (Å²) >= 11 is 0. The van der Waals surface area contributed by atoms with Crippen LogP contribution in [0, 0.1) is 13.8 Å². The molecule has 0 radical (unpaired) electrons. The van der Waals surface area contributed by atoms with E-state index < -0.39 is 0 Å². The topological polar surface area (TPSA) is 55.9 Å². The molecule has 154 valence electrons. The number of anilines is 3. The lowest BCUT2D eigenvalue weighted by molar-refractivity contribution is -0.120. The van der Waals surface area contributed by atoms with Gasteiger partial charge in [-0.2, -0.15) is 0 Å². The zero-order valence-corrected chi connectivity index (χ0v) is 17.7. The first-order chi connectivity index (χ1) is 13.8.